The molecule has 3 saturated heterocycles. The van der Waals surface area contributed by atoms with E-state index in [2.05, 4.69) is 15.5 Å². The molecule has 1 spiro atoms. The van der Waals surface area contributed by atoms with Crippen molar-refractivity contribution >= 4 is 0 Å². The highest BCUT2D eigenvalue weighted by Crippen LogP contribution is 2.36. The summed E-state index contributed by atoms with van der Waals surface area (Å²) in [5.74, 6) is 0. The summed E-state index contributed by atoms with van der Waals surface area (Å²) in [6, 6.07) is 0.896. The fourth-order valence-corrected chi connectivity index (χ4v) is 2.95. The highest BCUT2D eigenvalue weighted by Gasteiger charge is 2.49. The predicted octanol–water partition coefficient (Wildman–Crippen LogP) is -0.356. The van der Waals surface area contributed by atoms with E-state index in [0.717, 1.165) is 6.04 Å². The molecule has 0 aromatic rings. The minimum absolute atomic E-state index is 0.713. The van der Waals surface area contributed by atoms with Crippen molar-refractivity contribution in [2.75, 3.05) is 39.3 Å². The molecule has 3 rings (SSSR count). The van der Waals surface area contributed by atoms with Gasteiger partial charge in [0, 0.05) is 37.6 Å². The first-order valence-electron chi connectivity index (χ1n) is 5.54. The molecule has 74 valence electrons. The molecule has 0 atom stereocenters. The van der Waals surface area contributed by atoms with E-state index in [9.17, 15) is 0 Å². The van der Waals surface area contributed by atoms with Crippen LogP contribution in [-0.2, 0) is 0 Å². The number of likely N-dealkylation sites (tertiary alicyclic amines) is 1. The Kier molecular flexibility index (Phi) is 1.86. The summed E-state index contributed by atoms with van der Waals surface area (Å²) in [6.07, 6.45) is 2.73. The summed E-state index contributed by atoms with van der Waals surface area (Å²) in [4.78, 5) is 2.70. The van der Waals surface area contributed by atoms with Gasteiger partial charge in [-0.25, -0.2) is 0 Å². The van der Waals surface area contributed by atoms with Crippen molar-refractivity contribution in [1.29, 1.82) is 0 Å². The van der Waals surface area contributed by atoms with E-state index in [1.54, 1.807) is 0 Å². The van der Waals surface area contributed by atoms with Gasteiger partial charge in [-0.1, -0.05) is 0 Å². The quantitative estimate of drug-likeness (QED) is 0.579. The molecule has 2 N–H and O–H groups in total. The maximum absolute atomic E-state index is 3.43. The summed E-state index contributed by atoms with van der Waals surface area (Å²) in [5, 5.41) is 6.82. The molecule has 3 nitrogen and oxygen atoms in total. The lowest BCUT2D eigenvalue weighted by Gasteiger charge is -2.59. The van der Waals surface area contributed by atoms with Crippen LogP contribution in [0.1, 0.15) is 12.8 Å². The van der Waals surface area contributed by atoms with Gasteiger partial charge in [0.15, 0.2) is 0 Å². The fourth-order valence-electron chi connectivity index (χ4n) is 2.95. The minimum atomic E-state index is 0.713. The van der Waals surface area contributed by atoms with Crippen LogP contribution < -0.4 is 10.6 Å². The van der Waals surface area contributed by atoms with Gasteiger partial charge < -0.3 is 10.6 Å². The standard InChI is InChI=1S/C10H19N3/c1-3-11-4-2-9(1)13-7-10(8-13)5-12-6-10/h9,11-12H,1-8H2. The van der Waals surface area contributed by atoms with Crippen molar-refractivity contribution < 1.29 is 0 Å². The summed E-state index contributed by atoms with van der Waals surface area (Å²) < 4.78 is 0. The molecule has 3 aliphatic heterocycles. The maximum Gasteiger partial charge on any atom is 0.0207 e. The van der Waals surface area contributed by atoms with E-state index in [4.69, 9.17) is 0 Å². The van der Waals surface area contributed by atoms with Crippen LogP contribution in [0.4, 0.5) is 0 Å². The number of hydrogen-bond donors (Lipinski definition) is 2. The van der Waals surface area contributed by atoms with E-state index in [1.807, 2.05) is 0 Å². The lowest BCUT2D eigenvalue weighted by molar-refractivity contribution is -0.0705. The van der Waals surface area contributed by atoms with Crippen LogP contribution in [0.3, 0.4) is 0 Å². The Balaban J connectivity index is 1.51. The fraction of sp³-hybridized carbons (Fsp3) is 1.00. The zero-order valence-electron chi connectivity index (χ0n) is 8.18. The molecule has 3 fully saturated rings. The third-order valence-electron chi connectivity index (χ3n) is 3.90. The number of piperidine rings is 1. The van der Waals surface area contributed by atoms with Crippen molar-refractivity contribution in [1.82, 2.24) is 15.5 Å². The second kappa shape index (κ2) is 2.94. The molecule has 0 saturated carbocycles. The van der Waals surface area contributed by atoms with Crippen LogP contribution in [-0.4, -0.2) is 50.2 Å². The first-order valence-corrected chi connectivity index (χ1v) is 5.54. The zero-order valence-corrected chi connectivity index (χ0v) is 8.18. The summed E-state index contributed by atoms with van der Waals surface area (Å²) >= 11 is 0. The molecule has 3 aliphatic rings. The van der Waals surface area contributed by atoms with Crippen LogP contribution in [0.5, 0.6) is 0 Å². The first kappa shape index (κ1) is 8.21. The van der Waals surface area contributed by atoms with Gasteiger partial charge in [-0.05, 0) is 25.9 Å². The molecule has 0 aromatic heterocycles. The van der Waals surface area contributed by atoms with Gasteiger partial charge in [0.05, 0.1) is 0 Å². The second-order valence-electron chi connectivity index (χ2n) is 4.99. The lowest BCUT2D eigenvalue weighted by Crippen LogP contribution is -2.73. The topological polar surface area (TPSA) is 27.3 Å². The third kappa shape index (κ3) is 1.30. The first-order chi connectivity index (χ1) is 6.38. The second-order valence-corrected chi connectivity index (χ2v) is 4.99. The van der Waals surface area contributed by atoms with Crippen molar-refractivity contribution in [3.63, 3.8) is 0 Å². The molecule has 0 aromatic carbocycles. The molecule has 0 aliphatic carbocycles. The van der Waals surface area contributed by atoms with Crippen molar-refractivity contribution in [3.8, 4) is 0 Å². The molecule has 0 radical (unpaired) electrons. The van der Waals surface area contributed by atoms with Crippen molar-refractivity contribution in [2.45, 2.75) is 18.9 Å². The monoisotopic (exact) mass is 181 g/mol. The van der Waals surface area contributed by atoms with Gasteiger partial charge in [-0.2, -0.15) is 0 Å². The zero-order chi connectivity index (χ0) is 8.73. The van der Waals surface area contributed by atoms with Crippen LogP contribution in [0, 0.1) is 5.41 Å². The average molecular weight is 181 g/mol. The van der Waals surface area contributed by atoms with Gasteiger partial charge in [0.1, 0.15) is 0 Å². The van der Waals surface area contributed by atoms with E-state index < -0.39 is 0 Å². The molecular weight excluding hydrogens is 162 g/mol. The van der Waals surface area contributed by atoms with E-state index in [0.29, 0.717) is 5.41 Å². The Morgan fingerprint density at radius 2 is 1.69 bits per heavy atom. The predicted molar refractivity (Wildman–Crippen MR) is 52.8 cm³/mol. The summed E-state index contributed by atoms with van der Waals surface area (Å²) in [5.41, 5.74) is 0.713. The van der Waals surface area contributed by atoms with Gasteiger partial charge >= 0.3 is 0 Å². The number of nitrogens with zero attached hydrogens (tertiary/aromatic N) is 1. The molecule has 3 heterocycles. The molecule has 13 heavy (non-hydrogen) atoms. The Bertz CT molecular complexity index is 186. The maximum atomic E-state index is 3.43. The van der Waals surface area contributed by atoms with Gasteiger partial charge in [0.25, 0.3) is 0 Å². The van der Waals surface area contributed by atoms with Crippen LogP contribution in [0.2, 0.25) is 0 Å². The minimum Gasteiger partial charge on any atom is -0.317 e. The number of nitrogens with one attached hydrogen (secondary N) is 2. The van der Waals surface area contributed by atoms with Crippen molar-refractivity contribution in [2.24, 2.45) is 5.41 Å². The Morgan fingerprint density at radius 1 is 1.00 bits per heavy atom. The van der Waals surface area contributed by atoms with Crippen molar-refractivity contribution in [3.05, 3.63) is 0 Å². The van der Waals surface area contributed by atoms with Crippen LogP contribution in [0.25, 0.3) is 0 Å². The lowest BCUT2D eigenvalue weighted by atomic mass is 9.73. The SMILES string of the molecule is C1CC(N2CC3(CNC3)C2)CCN1. The summed E-state index contributed by atoms with van der Waals surface area (Å²) in [7, 11) is 0. The van der Waals surface area contributed by atoms with Gasteiger partial charge in [0.2, 0.25) is 0 Å². The van der Waals surface area contributed by atoms with E-state index in [1.165, 1.54) is 52.1 Å². The highest BCUT2D eigenvalue weighted by atomic mass is 15.3. The Morgan fingerprint density at radius 3 is 2.23 bits per heavy atom. The normalized spacial score (nSPS) is 34.2. The number of hydrogen-bond acceptors (Lipinski definition) is 3. The van der Waals surface area contributed by atoms with E-state index in [-0.39, 0.29) is 0 Å². The molecule has 0 bridgehead atoms. The summed E-state index contributed by atoms with van der Waals surface area (Å²) in [6.45, 7) is 7.73. The average Bonchev–Trinajstić information content (AvgIpc) is 2.01. The smallest absolute Gasteiger partial charge is 0.0207 e. The molecular formula is C10H19N3. The molecule has 0 unspecified atom stereocenters. The van der Waals surface area contributed by atoms with Crippen LogP contribution >= 0.6 is 0 Å². The Hall–Kier alpha value is -0.120. The highest BCUT2D eigenvalue weighted by molar-refractivity contribution is 5.05. The third-order valence-corrected chi connectivity index (χ3v) is 3.90. The number of rotatable bonds is 1. The van der Waals surface area contributed by atoms with Gasteiger partial charge in [-0.15, -0.1) is 0 Å². The molecule has 0 amide bonds. The largest absolute Gasteiger partial charge is 0.317 e. The van der Waals surface area contributed by atoms with E-state index >= 15 is 0 Å². The van der Waals surface area contributed by atoms with Gasteiger partial charge in [-0.3, -0.25) is 4.90 Å². The Labute approximate surface area is 79.9 Å². The molecule has 3 heteroatoms. The van der Waals surface area contributed by atoms with Crippen LogP contribution in [0.15, 0.2) is 0 Å².